The van der Waals surface area contributed by atoms with E-state index in [2.05, 4.69) is 77.7 Å². The smallest absolute Gasteiger partial charge is 0.394 e. The quantitative estimate of drug-likeness (QED) is 0.0562. The van der Waals surface area contributed by atoms with Gasteiger partial charge in [0.1, 0.15) is 23.8 Å². The van der Waals surface area contributed by atoms with Gasteiger partial charge in [-0.2, -0.15) is 4.98 Å². The molecule has 792 valence electrons. The normalized spacial score (nSPS) is 29.1. The Kier molecular flexibility index (Phi) is 31.0. The van der Waals surface area contributed by atoms with Crippen LogP contribution in [0.15, 0.2) is 174 Å². The van der Waals surface area contributed by atoms with Crippen molar-refractivity contribution in [2.75, 3.05) is 19.6 Å². The van der Waals surface area contributed by atoms with Crippen molar-refractivity contribution < 1.29 is 87.0 Å². The molecule has 149 heavy (non-hydrogen) atoms. The summed E-state index contributed by atoms with van der Waals surface area (Å²) in [5.41, 5.74) is 7.04. The van der Waals surface area contributed by atoms with Crippen LogP contribution in [0.2, 0.25) is 5.02 Å². The van der Waals surface area contributed by atoms with Crippen LogP contribution in [0, 0.1) is 79.4 Å². The first-order valence-electron chi connectivity index (χ1n) is 53.3. The number of aryl methyl sites for hydroxylation is 4. The largest absolute Gasteiger partial charge is 0.465 e. The summed E-state index contributed by atoms with van der Waals surface area (Å²) in [6.45, 7) is 13.7. The minimum Gasteiger partial charge on any atom is -0.465 e. The minimum absolute atomic E-state index is 0.0704. The first kappa shape index (κ1) is 107. The second-order valence-corrected chi connectivity index (χ2v) is 54.3. The van der Waals surface area contributed by atoms with E-state index in [1.165, 1.54) is 22.7 Å². The van der Waals surface area contributed by atoms with E-state index in [4.69, 9.17) is 30.2 Å². The number of amides is 6. The van der Waals surface area contributed by atoms with Crippen LogP contribution in [0.25, 0.3) is 31.5 Å². The summed E-state index contributed by atoms with van der Waals surface area (Å²) in [5.74, 6) is -4.57. The standard InChI is InChI=1S/C39H47N3O6S2.C38H44ClN3O6S2.C38H45N3O7S/c1-25-10-9-11-27(18-25)20-28-12-7-5-4-6-8-13-29-22-39(29,36(45)41-50(46,47)38(3)16-17-38)23-33(43)32-21-30(24-42(32)35(28)44)48-37-40-31-15-14-26(2)19-34(31)49-37;1-24-9-8-10-25(17-24)18-26-11-6-4-3-5-7-12-27-21-38(27,35(45)41-50(46,47)37(2)15-16-37)22-32(43)31-20-29(23-42(31)34(26)44)48-36-40-30-14-13-28(39)19-33(30)49-36;1-25-11-10-12-26(19-25)20-27-13-6-4-3-5-7-14-28-22-38(28,35(44)40-49(45,46)37(2)17-18-37)23-32(42)31-21-29(24-41(31)34(27)43)47-36-39-30-15-8-9-16-33(30)48-36/h8-11,13-15,18-19,28-30,32H,4-7,12,16-17,20-24H2,1-3H3,(H,41,45);7-10,12-14,17,19,26-27,29,31H,3-6,11,15-16,18,20-23H2,1-2H3,(H,41,45);7-12,14-16,19,27-29,31H,3-6,13,17-18,20-24H2,1-2H3,(H,40,44)/b13-8-;12-7-;14-7-/t28-,29-,30-,32+,39-;26-,27-,29-,31+,38-;27-,28-,29-,31+,38-/m111/s1. The van der Waals surface area contributed by atoms with Crippen LogP contribution in [-0.4, -0.2) is 178 Å². The van der Waals surface area contributed by atoms with Gasteiger partial charge in [-0.3, -0.25) is 57.3 Å². The van der Waals surface area contributed by atoms with Gasteiger partial charge in [-0.15, -0.1) is 0 Å². The number of hydrogen-bond acceptors (Lipinski definition) is 24. The molecule has 9 fully saturated rings. The number of carbonyl (C=O) groups excluding carboxylic acids is 9. The molecule has 6 aliphatic carbocycles. The number of hydrogen-bond donors (Lipinski definition) is 3. The van der Waals surface area contributed by atoms with E-state index in [0.717, 1.165) is 136 Å². The molecule has 6 amide bonds. The number of thiazole rings is 2. The first-order valence-corrected chi connectivity index (χ1v) is 59.8. The van der Waals surface area contributed by atoms with Gasteiger partial charge in [0.15, 0.2) is 22.9 Å². The fourth-order valence-corrected chi connectivity index (χ4v) is 29.1. The van der Waals surface area contributed by atoms with Gasteiger partial charge in [0.2, 0.25) is 65.5 Å². The zero-order valence-electron chi connectivity index (χ0n) is 85.9. The van der Waals surface area contributed by atoms with E-state index in [-0.39, 0.29) is 135 Å². The molecule has 0 radical (unpaired) electrons. The molecule has 3 aromatic heterocycles. The average Bonchev–Trinajstić information content (AvgIpc) is 1.57. The molecule has 0 spiro atoms. The Morgan fingerprint density at radius 3 is 1.12 bits per heavy atom. The van der Waals surface area contributed by atoms with Crippen LogP contribution in [-0.2, 0) is 92.5 Å². The number of para-hydroxylation sites is 2. The minimum atomic E-state index is -3.89. The number of benzene rings is 6. The SMILES string of the molecule is Cc1cccc(C[C@H]2CCCCC/C=C\[C@@H]3C[C@@]3(C(=O)NS(=O)(=O)C3(C)CC3)CC(=O)[C@@H]3C[C@@H](Oc4nc5ccc(C)cc5s4)CN3C2=O)c1.Cc1cccc(C[C@H]2CCCCC/C=C\[C@@H]3C[C@@]3(C(=O)NS(=O)(=O)C3(C)CC3)CC(=O)[C@@H]3C[C@@H](Oc4nc5ccc(Cl)cc5s4)CN3C2=O)c1.Cc1cccc(C[C@H]2CCCCC/C=C\[C@@H]3C[C@@]3(C(=O)NS(=O)(=O)C3(C)CC3)CC(=O)[C@@H]3C[C@@H](Oc4nc5ccccc5o4)CN3C2=O)c1. The van der Waals surface area contributed by atoms with Crippen LogP contribution < -0.4 is 28.4 Å². The van der Waals surface area contributed by atoms with Crippen molar-refractivity contribution in [3.05, 3.63) is 214 Å². The Morgan fingerprint density at radius 1 is 0.409 bits per heavy atom. The van der Waals surface area contributed by atoms with E-state index < -0.39 is 115 Å². The molecule has 9 aromatic rings. The summed E-state index contributed by atoms with van der Waals surface area (Å²) < 4.78 is 110. The van der Waals surface area contributed by atoms with Crippen molar-refractivity contribution >= 4 is 149 Å². The lowest BCUT2D eigenvalue weighted by atomic mass is 9.89. The summed E-state index contributed by atoms with van der Waals surface area (Å²) in [5, 5.41) is 1.53. The molecule has 3 N–H and O–H groups in total. The number of carbonyl (C=O) groups is 9. The third-order valence-corrected chi connectivity index (χ3v) is 42.1. The van der Waals surface area contributed by atoms with Gasteiger partial charge >= 0.3 is 6.08 Å². The molecule has 34 heteroatoms. The fraction of sp³-hybridized carbons (Fsp3) is 0.530. The van der Waals surface area contributed by atoms with Gasteiger partial charge in [0, 0.05) is 61.3 Å². The van der Waals surface area contributed by atoms with E-state index in [9.17, 15) is 68.4 Å². The maximum Gasteiger partial charge on any atom is 0.394 e. The highest BCUT2D eigenvalue weighted by Crippen LogP contribution is 2.61. The number of allylic oxidation sites excluding steroid dienone is 6. The summed E-state index contributed by atoms with van der Waals surface area (Å²) in [4.78, 5) is 147. The van der Waals surface area contributed by atoms with Crippen molar-refractivity contribution in [3.63, 3.8) is 0 Å². The molecule has 0 unspecified atom stereocenters. The molecule has 6 aliphatic heterocycles. The Morgan fingerprint density at radius 2 is 0.758 bits per heavy atom. The highest BCUT2D eigenvalue weighted by Gasteiger charge is 2.67. The van der Waals surface area contributed by atoms with Gasteiger partial charge < -0.3 is 33.3 Å². The molecule has 6 aromatic carbocycles. The Hall–Kier alpha value is -10.8. The summed E-state index contributed by atoms with van der Waals surface area (Å²) in [6, 6.07) is 41.0. The molecule has 0 bridgehead atoms. The number of sulfonamides is 3. The van der Waals surface area contributed by atoms with Crippen LogP contribution in [0.3, 0.4) is 0 Å². The molecule has 9 heterocycles. The second-order valence-electron chi connectivity index (χ2n) is 45.3. The number of rotatable bonds is 21. The zero-order chi connectivity index (χ0) is 105. The molecule has 15 atom stereocenters. The number of fused-ring (bicyclic) bond motifs is 9. The summed E-state index contributed by atoms with van der Waals surface area (Å²) >= 11 is 9.01. The van der Waals surface area contributed by atoms with Crippen molar-refractivity contribution in [2.24, 2.45) is 51.8 Å². The first-order chi connectivity index (χ1) is 71.2. The number of nitrogens with one attached hydrogen (secondary N) is 3. The van der Waals surface area contributed by atoms with Crippen molar-refractivity contribution in [3.8, 4) is 16.5 Å². The molecular formula is C115H136ClN9O19S5. The number of aromatic nitrogens is 3. The lowest BCUT2D eigenvalue weighted by Crippen LogP contribution is -2.47. The molecule has 21 rings (SSSR count). The zero-order valence-corrected chi connectivity index (χ0v) is 90.7. The number of ether oxygens (including phenoxy) is 3. The predicted molar refractivity (Wildman–Crippen MR) is 573 cm³/mol. The summed E-state index contributed by atoms with van der Waals surface area (Å²) in [6.07, 6.45) is 29.8. The van der Waals surface area contributed by atoms with Crippen molar-refractivity contribution in [2.45, 2.75) is 311 Å². The Balaban J connectivity index is 0.000000140. The van der Waals surface area contributed by atoms with Crippen molar-refractivity contribution in [1.82, 2.24) is 43.8 Å². The topological polar surface area (TPSA) is 381 Å². The highest BCUT2D eigenvalue weighted by atomic mass is 35.5. The second kappa shape index (κ2) is 43.4. The predicted octanol–water partition coefficient (Wildman–Crippen LogP) is 19.4. The van der Waals surface area contributed by atoms with E-state index in [1.54, 1.807) is 47.6 Å². The number of nitrogens with zero attached hydrogens (tertiary/aromatic N) is 6. The maximum atomic E-state index is 14.6. The van der Waals surface area contributed by atoms with Gasteiger partial charge in [0.05, 0.1) is 88.7 Å². The van der Waals surface area contributed by atoms with E-state index in [1.807, 2.05) is 137 Å². The van der Waals surface area contributed by atoms with Crippen LogP contribution in [0.1, 0.15) is 252 Å². The molecular weight excluding hydrogens is 2010 g/mol. The molecule has 3 saturated heterocycles. The lowest BCUT2D eigenvalue weighted by Gasteiger charge is -2.29. The van der Waals surface area contributed by atoms with Crippen LogP contribution in [0.5, 0.6) is 16.5 Å². The molecule has 12 aliphatic rings. The molecule has 6 saturated carbocycles. The lowest BCUT2D eigenvalue weighted by molar-refractivity contribution is -0.142. The van der Waals surface area contributed by atoms with Gasteiger partial charge in [0.25, 0.3) is 10.4 Å². The van der Waals surface area contributed by atoms with E-state index in [0.29, 0.717) is 123 Å². The Bertz CT molecular complexity index is 6810. The van der Waals surface area contributed by atoms with Crippen molar-refractivity contribution in [1.29, 1.82) is 0 Å². The van der Waals surface area contributed by atoms with E-state index >= 15 is 0 Å². The number of halogens is 1. The number of oxazole rings is 1. The third-order valence-electron chi connectivity index (χ3n) is 33.5. The maximum absolute atomic E-state index is 14.6. The van der Waals surface area contributed by atoms with Crippen LogP contribution in [0.4, 0.5) is 0 Å². The average molecular weight is 2140 g/mol. The Labute approximate surface area is 885 Å². The number of ketones is 3. The summed E-state index contributed by atoms with van der Waals surface area (Å²) in [7, 11) is -11.7. The van der Waals surface area contributed by atoms with Gasteiger partial charge in [-0.1, -0.05) is 217 Å². The number of Topliss-reactive ketones (excluding diaryl/α,β-unsaturated/α-hetero) is 3. The van der Waals surface area contributed by atoms with Gasteiger partial charge in [-0.25, -0.2) is 35.2 Å². The van der Waals surface area contributed by atoms with Crippen LogP contribution >= 0.6 is 34.3 Å². The highest BCUT2D eigenvalue weighted by molar-refractivity contribution is 7.92. The monoisotopic (exact) mass is 2140 g/mol. The van der Waals surface area contributed by atoms with Gasteiger partial charge in [-0.05, 0) is 266 Å². The molecule has 28 nitrogen and oxygen atoms in total. The third kappa shape index (κ3) is 24.0. The fourth-order valence-electron chi connectivity index (χ4n) is 22.9.